The van der Waals surface area contributed by atoms with Gasteiger partial charge in [-0.1, -0.05) is 79.9 Å². The van der Waals surface area contributed by atoms with Gasteiger partial charge < -0.3 is 0 Å². The Bertz CT molecular complexity index is 504. The van der Waals surface area contributed by atoms with Crippen LogP contribution in [0.5, 0.6) is 0 Å². The smallest absolute Gasteiger partial charge is 0.0138 e. The molecule has 1 aromatic carbocycles. The summed E-state index contributed by atoms with van der Waals surface area (Å²) in [4.78, 5) is 0. The van der Waals surface area contributed by atoms with E-state index in [-0.39, 0.29) is 0 Å². The molecule has 0 aromatic heterocycles. The van der Waals surface area contributed by atoms with Crippen LogP contribution in [0.15, 0.2) is 90.6 Å². The van der Waals surface area contributed by atoms with Crippen molar-refractivity contribution in [3.05, 3.63) is 90.6 Å². The number of rotatable bonds is 6. The molecule has 1 unspecified atom stereocenters. The fourth-order valence-corrected chi connectivity index (χ4v) is 4.21. The molecule has 0 aliphatic carbocycles. The highest BCUT2D eigenvalue weighted by molar-refractivity contribution is 7.74. The molecule has 0 saturated carbocycles. The molecule has 98 valence electrons. The van der Waals surface area contributed by atoms with Gasteiger partial charge in [0.05, 0.1) is 0 Å². The van der Waals surface area contributed by atoms with Gasteiger partial charge in [-0.15, -0.1) is 0 Å². The molecule has 0 nitrogen and oxygen atoms in total. The molecular weight excluding hydrogens is 247 g/mol. The fraction of sp³-hybridized carbons (Fsp3) is 0.111. The topological polar surface area (TPSA) is 0 Å². The molecule has 1 rings (SSSR count). The highest BCUT2D eigenvalue weighted by Crippen LogP contribution is 2.52. The second-order valence-electron chi connectivity index (χ2n) is 3.92. The highest BCUT2D eigenvalue weighted by atomic mass is 31.1. The van der Waals surface area contributed by atoms with Crippen LogP contribution in [0.1, 0.15) is 13.8 Å². The SMILES string of the molecule is C=C/C=C(\C=C)P(C(/C=C\C)=C/C)c1ccccc1. The Morgan fingerprint density at radius 1 is 1.05 bits per heavy atom. The molecule has 0 saturated heterocycles. The van der Waals surface area contributed by atoms with Crippen molar-refractivity contribution in [3.63, 3.8) is 0 Å². The Balaban J connectivity index is 3.37. The molecule has 1 aromatic rings. The van der Waals surface area contributed by atoms with E-state index < -0.39 is 7.92 Å². The van der Waals surface area contributed by atoms with Gasteiger partial charge in [-0.3, -0.25) is 0 Å². The maximum Gasteiger partial charge on any atom is -0.0138 e. The first-order valence-corrected chi connectivity index (χ1v) is 7.72. The Hall–Kier alpha value is -1.65. The quantitative estimate of drug-likeness (QED) is 0.470. The van der Waals surface area contributed by atoms with Crippen molar-refractivity contribution in [1.82, 2.24) is 0 Å². The van der Waals surface area contributed by atoms with Crippen LogP contribution >= 0.6 is 7.92 Å². The molecule has 0 amide bonds. The van der Waals surface area contributed by atoms with Gasteiger partial charge in [0.1, 0.15) is 0 Å². The van der Waals surface area contributed by atoms with E-state index in [0.717, 1.165) is 0 Å². The van der Waals surface area contributed by atoms with Crippen molar-refractivity contribution in [3.8, 4) is 0 Å². The van der Waals surface area contributed by atoms with E-state index in [2.05, 4.69) is 68.7 Å². The van der Waals surface area contributed by atoms with Crippen molar-refractivity contribution < 1.29 is 0 Å². The first-order chi connectivity index (χ1) is 9.28. The molecule has 0 radical (unpaired) electrons. The van der Waals surface area contributed by atoms with E-state index in [4.69, 9.17) is 0 Å². The standard InChI is InChI=1S/C18H21P/c1-5-12-16(7-3)19(17(8-4)13-6-2)18-14-10-9-11-15-18/h5-15H,1,3H2,2,4H3/b13-6-,16-12+,17-8+. The van der Waals surface area contributed by atoms with Crippen molar-refractivity contribution in [2.24, 2.45) is 0 Å². The van der Waals surface area contributed by atoms with Gasteiger partial charge in [-0.25, -0.2) is 0 Å². The first-order valence-electron chi connectivity index (χ1n) is 6.37. The van der Waals surface area contributed by atoms with Crippen molar-refractivity contribution in [2.45, 2.75) is 13.8 Å². The van der Waals surface area contributed by atoms with Gasteiger partial charge in [0.25, 0.3) is 0 Å². The number of hydrogen-bond donors (Lipinski definition) is 0. The lowest BCUT2D eigenvalue weighted by Gasteiger charge is -2.20. The minimum Gasteiger partial charge on any atom is -0.0990 e. The van der Waals surface area contributed by atoms with E-state index in [1.165, 1.54) is 15.9 Å². The zero-order valence-electron chi connectivity index (χ0n) is 11.7. The second-order valence-corrected chi connectivity index (χ2v) is 6.14. The van der Waals surface area contributed by atoms with E-state index >= 15 is 0 Å². The molecule has 1 heteroatoms. The molecule has 0 aliphatic heterocycles. The molecule has 19 heavy (non-hydrogen) atoms. The lowest BCUT2D eigenvalue weighted by atomic mass is 10.4. The van der Waals surface area contributed by atoms with Crippen LogP contribution < -0.4 is 5.30 Å². The maximum absolute atomic E-state index is 3.95. The molecule has 1 atom stereocenters. The summed E-state index contributed by atoms with van der Waals surface area (Å²) in [7, 11) is -0.548. The average molecular weight is 268 g/mol. The molecule has 0 heterocycles. The minimum absolute atomic E-state index is 0.548. The third-order valence-corrected chi connectivity index (χ3v) is 5.25. The summed E-state index contributed by atoms with van der Waals surface area (Å²) in [6.07, 6.45) is 12.3. The Labute approximate surface area is 118 Å². The third kappa shape index (κ3) is 4.19. The van der Waals surface area contributed by atoms with Crippen LogP contribution in [-0.4, -0.2) is 0 Å². The van der Waals surface area contributed by atoms with Gasteiger partial charge in [0, 0.05) is 0 Å². The number of benzene rings is 1. The van der Waals surface area contributed by atoms with Crippen LogP contribution in [0.4, 0.5) is 0 Å². The van der Waals surface area contributed by atoms with Gasteiger partial charge in [0.15, 0.2) is 0 Å². The zero-order chi connectivity index (χ0) is 14.1. The third-order valence-electron chi connectivity index (χ3n) is 2.66. The summed E-state index contributed by atoms with van der Waals surface area (Å²) in [6, 6.07) is 10.6. The lowest BCUT2D eigenvalue weighted by molar-refractivity contribution is 1.64. The van der Waals surface area contributed by atoms with E-state index in [9.17, 15) is 0 Å². The van der Waals surface area contributed by atoms with Gasteiger partial charge in [-0.2, -0.15) is 0 Å². The lowest BCUT2D eigenvalue weighted by Crippen LogP contribution is -2.02. The largest absolute Gasteiger partial charge is 0.0990 e. The Morgan fingerprint density at radius 3 is 2.21 bits per heavy atom. The predicted octanol–water partition coefficient (Wildman–Crippen LogP) is 5.53. The monoisotopic (exact) mass is 268 g/mol. The maximum atomic E-state index is 3.95. The highest BCUT2D eigenvalue weighted by Gasteiger charge is 2.16. The van der Waals surface area contributed by atoms with Crippen LogP contribution in [0, 0.1) is 0 Å². The summed E-state index contributed by atoms with van der Waals surface area (Å²) in [6.45, 7) is 11.9. The first kappa shape index (κ1) is 15.4. The summed E-state index contributed by atoms with van der Waals surface area (Å²) in [5, 5.41) is 3.89. The van der Waals surface area contributed by atoms with Gasteiger partial charge >= 0.3 is 0 Å². The fourth-order valence-electron chi connectivity index (χ4n) is 1.85. The Kier molecular flexibility index (Phi) is 6.85. The van der Waals surface area contributed by atoms with E-state index in [1.54, 1.807) is 0 Å². The predicted molar refractivity (Wildman–Crippen MR) is 90.0 cm³/mol. The van der Waals surface area contributed by atoms with Gasteiger partial charge in [-0.05, 0) is 37.7 Å². The zero-order valence-corrected chi connectivity index (χ0v) is 12.6. The summed E-state index contributed by atoms with van der Waals surface area (Å²) in [5.41, 5.74) is 0. The van der Waals surface area contributed by atoms with Gasteiger partial charge in [0.2, 0.25) is 0 Å². The number of allylic oxidation sites excluding steroid dienone is 8. The van der Waals surface area contributed by atoms with Crippen molar-refractivity contribution in [2.75, 3.05) is 0 Å². The Morgan fingerprint density at radius 2 is 1.74 bits per heavy atom. The van der Waals surface area contributed by atoms with Crippen LogP contribution in [0.3, 0.4) is 0 Å². The molecular formula is C18H21P. The van der Waals surface area contributed by atoms with Crippen LogP contribution in [-0.2, 0) is 0 Å². The molecule has 0 spiro atoms. The summed E-state index contributed by atoms with van der Waals surface area (Å²) < 4.78 is 0. The molecule has 0 bridgehead atoms. The average Bonchev–Trinajstić information content (AvgIpc) is 2.46. The number of hydrogen-bond acceptors (Lipinski definition) is 0. The summed E-state index contributed by atoms with van der Waals surface area (Å²) in [5.74, 6) is 0. The molecule has 0 N–H and O–H groups in total. The van der Waals surface area contributed by atoms with Crippen molar-refractivity contribution >= 4 is 13.2 Å². The van der Waals surface area contributed by atoms with E-state index in [1.807, 2.05) is 25.1 Å². The van der Waals surface area contributed by atoms with Crippen molar-refractivity contribution in [1.29, 1.82) is 0 Å². The minimum atomic E-state index is -0.548. The normalized spacial score (nSPS) is 14.4. The molecule has 0 aliphatic rings. The summed E-state index contributed by atoms with van der Waals surface area (Å²) >= 11 is 0. The second kappa shape index (κ2) is 8.45. The molecule has 0 fully saturated rings. The van der Waals surface area contributed by atoms with Crippen LogP contribution in [0.25, 0.3) is 0 Å². The van der Waals surface area contributed by atoms with E-state index in [0.29, 0.717) is 0 Å². The van der Waals surface area contributed by atoms with Crippen LogP contribution in [0.2, 0.25) is 0 Å².